The molecule has 1 amide bonds. The van der Waals surface area contributed by atoms with Gasteiger partial charge in [0.1, 0.15) is 0 Å². The van der Waals surface area contributed by atoms with E-state index in [9.17, 15) is 4.79 Å². The second-order valence-electron chi connectivity index (χ2n) is 4.91. The third-order valence-corrected chi connectivity index (χ3v) is 4.81. The fourth-order valence-electron chi connectivity index (χ4n) is 2.05. The van der Waals surface area contributed by atoms with Gasteiger partial charge in [0, 0.05) is 24.1 Å². The number of carbonyl (C=O) groups is 1. The average Bonchev–Trinajstić information content (AvgIpc) is 3.00. The Morgan fingerprint density at radius 3 is 3.05 bits per heavy atom. The van der Waals surface area contributed by atoms with Gasteiger partial charge in [-0.1, -0.05) is 23.4 Å². The lowest BCUT2D eigenvalue weighted by molar-refractivity contribution is 0.0948. The summed E-state index contributed by atoms with van der Waals surface area (Å²) in [4.78, 5) is 12.1. The second kappa shape index (κ2) is 8.33. The number of hydrogen-bond acceptors (Lipinski definition) is 3. The molecule has 0 aromatic heterocycles. The zero-order valence-electron chi connectivity index (χ0n) is 11.7. The zero-order chi connectivity index (χ0) is 15.1. The predicted octanol–water partition coefficient (Wildman–Crippen LogP) is 2.56. The molecule has 0 bridgehead atoms. The Hall–Kier alpha value is -1.15. The van der Waals surface area contributed by atoms with E-state index in [2.05, 4.69) is 17.2 Å². The first-order valence-electron chi connectivity index (χ1n) is 6.96. The molecule has 2 rings (SSSR count). The van der Waals surface area contributed by atoms with Crippen molar-refractivity contribution in [3.05, 3.63) is 34.3 Å². The normalized spacial score (nSPS) is 17.1. The van der Waals surface area contributed by atoms with Gasteiger partial charge in [-0.3, -0.25) is 4.79 Å². The predicted molar refractivity (Wildman–Crippen MR) is 87.8 cm³/mol. The van der Waals surface area contributed by atoms with Gasteiger partial charge in [0.05, 0.1) is 11.6 Å². The minimum absolute atomic E-state index is 0.0323. The number of carbonyl (C=O) groups excluding carboxylic acids is 1. The van der Waals surface area contributed by atoms with Crippen LogP contribution >= 0.6 is 23.4 Å². The molecule has 1 aromatic rings. The molecule has 21 heavy (non-hydrogen) atoms. The van der Waals surface area contributed by atoms with Crippen LogP contribution in [-0.2, 0) is 0 Å². The minimum atomic E-state index is -0.0938. The number of thioether (sulfide) groups is 1. The van der Waals surface area contributed by atoms with Crippen LogP contribution in [0.3, 0.4) is 0 Å². The van der Waals surface area contributed by atoms with Crippen LogP contribution in [0.15, 0.2) is 18.2 Å². The SMILES string of the molecule is O=C(NCC1CCSC1)c1ccc(C#CCCO)c(Cl)c1. The van der Waals surface area contributed by atoms with E-state index in [1.165, 1.54) is 12.2 Å². The molecular weight excluding hydrogens is 306 g/mol. The fraction of sp³-hybridized carbons (Fsp3) is 0.438. The number of hydrogen-bond donors (Lipinski definition) is 2. The highest BCUT2D eigenvalue weighted by atomic mass is 35.5. The number of rotatable bonds is 4. The highest BCUT2D eigenvalue weighted by Gasteiger charge is 2.16. The summed E-state index contributed by atoms with van der Waals surface area (Å²) in [6, 6.07) is 5.11. The van der Waals surface area contributed by atoms with Crippen molar-refractivity contribution in [2.75, 3.05) is 24.7 Å². The lowest BCUT2D eigenvalue weighted by atomic mass is 10.1. The summed E-state index contributed by atoms with van der Waals surface area (Å²) in [5.74, 6) is 8.50. The molecule has 1 aromatic carbocycles. The van der Waals surface area contributed by atoms with Crippen molar-refractivity contribution in [2.24, 2.45) is 5.92 Å². The maximum Gasteiger partial charge on any atom is 0.251 e. The highest BCUT2D eigenvalue weighted by Crippen LogP contribution is 2.22. The van der Waals surface area contributed by atoms with Crippen LogP contribution in [0.5, 0.6) is 0 Å². The number of aliphatic hydroxyl groups excluding tert-OH is 1. The van der Waals surface area contributed by atoms with Gasteiger partial charge in [-0.2, -0.15) is 11.8 Å². The Kier molecular flexibility index (Phi) is 6.44. The first-order valence-corrected chi connectivity index (χ1v) is 8.49. The van der Waals surface area contributed by atoms with E-state index in [0.717, 1.165) is 12.3 Å². The summed E-state index contributed by atoms with van der Waals surface area (Å²) in [7, 11) is 0. The van der Waals surface area contributed by atoms with E-state index in [4.69, 9.17) is 16.7 Å². The molecule has 3 nitrogen and oxygen atoms in total. The van der Waals surface area contributed by atoms with Gasteiger partial charge < -0.3 is 10.4 Å². The Bertz CT molecular complexity index is 559. The number of benzene rings is 1. The zero-order valence-corrected chi connectivity index (χ0v) is 13.3. The number of amides is 1. The Morgan fingerprint density at radius 2 is 2.38 bits per heavy atom. The van der Waals surface area contributed by atoms with Gasteiger partial charge in [-0.25, -0.2) is 0 Å². The third kappa shape index (κ3) is 4.96. The standard InChI is InChI=1S/C16H18ClNO2S/c17-15-9-14(5-4-13(15)3-1-2-7-19)16(20)18-10-12-6-8-21-11-12/h4-5,9,12,19H,2,6-8,10-11H2,(H,18,20). The van der Waals surface area contributed by atoms with Gasteiger partial charge in [0.25, 0.3) is 5.91 Å². The van der Waals surface area contributed by atoms with Crippen molar-refractivity contribution >= 4 is 29.3 Å². The summed E-state index contributed by atoms with van der Waals surface area (Å²) in [5.41, 5.74) is 1.23. The largest absolute Gasteiger partial charge is 0.395 e. The van der Waals surface area contributed by atoms with Crippen molar-refractivity contribution < 1.29 is 9.90 Å². The van der Waals surface area contributed by atoms with E-state index < -0.39 is 0 Å². The molecule has 2 N–H and O–H groups in total. The first kappa shape index (κ1) is 16.2. The van der Waals surface area contributed by atoms with E-state index >= 15 is 0 Å². The molecule has 1 saturated heterocycles. The molecule has 0 spiro atoms. The molecule has 1 atom stereocenters. The van der Waals surface area contributed by atoms with Crippen molar-refractivity contribution in [2.45, 2.75) is 12.8 Å². The van der Waals surface area contributed by atoms with Crippen LogP contribution < -0.4 is 5.32 Å². The molecular formula is C16H18ClNO2S. The van der Waals surface area contributed by atoms with Crippen LogP contribution in [0.25, 0.3) is 0 Å². The van der Waals surface area contributed by atoms with Crippen LogP contribution in [0.2, 0.25) is 5.02 Å². The van der Waals surface area contributed by atoms with Crippen molar-refractivity contribution in [1.82, 2.24) is 5.32 Å². The Balaban J connectivity index is 1.95. The quantitative estimate of drug-likeness (QED) is 0.837. The first-order chi connectivity index (χ1) is 10.2. The van der Waals surface area contributed by atoms with Crippen LogP contribution in [0.1, 0.15) is 28.8 Å². The smallest absolute Gasteiger partial charge is 0.251 e. The third-order valence-electron chi connectivity index (χ3n) is 3.27. The van der Waals surface area contributed by atoms with Gasteiger partial charge in [-0.05, 0) is 42.0 Å². The van der Waals surface area contributed by atoms with Gasteiger partial charge in [0.15, 0.2) is 0 Å². The van der Waals surface area contributed by atoms with Gasteiger partial charge in [0.2, 0.25) is 0 Å². The van der Waals surface area contributed by atoms with E-state index in [1.54, 1.807) is 18.2 Å². The number of aliphatic hydroxyl groups is 1. The van der Waals surface area contributed by atoms with E-state index in [-0.39, 0.29) is 12.5 Å². The highest BCUT2D eigenvalue weighted by molar-refractivity contribution is 7.99. The molecule has 0 aliphatic carbocycles. The molecule has 0 saturated carbocycles. The molecule has 1 heterocycles. The van der Waals surface area contributed by atoms with Gasteiger partial charge >= 0.3 is 0 Å². The molecule has 1 unspecified atom stereocenters. The van der Waals surface area contributed by atoms with Crippen LogP contribution in [0, 0.1) is 17.8 Å². The molecule has 5 heteroatoms. The Labute approximate surface area is 134 Å². The second-order valence-corrected chi connectivity index (χ2v) is 6.47. The topological polar surface area (TPSA) is 49.3 Å². The lowest BCUT2D eigenvalue weighted by Gasteiger charge is -2.10. The van der Waals surface area contributed by atoms with Crippen LogP contribution in [0.4, 0.5) is 0 Å². The fourth-order valence-corrected chi connectivity index (χ4v) is 3.57. The molecule has 1 aliphatic rings. The Morgan fingerprint density at radius 1 is 1.52 bits per heavy atom. The molecule has 0 radical (unpaired) electrons. The van der Waals surface area contributed by atoms with Crippen molar-refractivity contribution in [3.8, 4) is 11.8 Å². The van der Waals surface area contributed by atoms with Crippen LogP contribution in [-0.4, -0.2) is 35.7 Å². The summed E-state index contributed by atoms with van der Waals surface area (Å²) in [5, 5.41) is 12.1. The van der Waals surface area contributed by atoms with Gasteiger partial charge in [-0.15, -0.1) is 0 Å². The molecule has 1 aliphatic heterocycles. The maximum absolute atomic E-state index is 12.1. The van der Waals surface area contributed by atoms with E-state index in [1.807, 2.05) is 11.8 Å². The molecule has 112 valence electrons. The van der Waals surface area contributed by atoms with Crippen molar-refractivity contribution in [3.63, 3.8) is 0 Å². The summed E-state index contributed by atoms with van der Waals surface area (Å²) < 4.78 is 0. The molecule has 1 fully saturated rings. The average molecular weight is 324 g/mol. The summed E-state index contributed by atoms with van der Waals surface area (Å²) in [6.07, 6.45) is 1.59. The monoisotopic (exact) mass is 323 g/mol. The maximum atomic E-state index is 12.1. The van der Waals surface area contributed by atoms with E-state index in [0.29, 0.717) is 28.5 Å². The number of halogens is 1. The minimum Gasteiger partial charge on any atom is -0.395 e. The van der Waals surface area contributed by atoms with Crippen molar-refractivity contribution in [1.29, 1.82) is 0 Å². The summed E-state index contributed by atoms with van der Waals surface area (Å²) >= 11 is 8.07. The number of nitrogens with one attached hydrogen (secondary N) is 1. The lowest BCUT2D eigenvalue weighted by Crippen LogP contribution is -2.29. The summed E-state index contributed by atoms with van der Waals surface area (Å²) in [6.45, 7) is 0.756.